The average Bonchev–Trinajstić information content (AvgIpc) is 2.91. The van der Waals surface area contributed by atoms with Gasteiger partial charge in [-0.2, -0.15) is 5.26 Å². The summed E-state index contributed by atoms with van der Waals surface area (Å²) in [7, 11) is 0. The molecule has 1 amide bonds. The summed E-state index contributed by atoms with van der Waals surface area (Å²) in [5.74, 6) is -0.360. The molecule has 0 bridgehead atoms. The Hall–Kier alpha value is -2.71. The number of nitrogens with zero attached hydrogens (tertiary/aromatic N) is 3. The summed E-state index contributed by atoms with van der Waals surface area (Å²) in [6.45, 7) is 4.30. The average molecular weight is 325 g/mol. The molecule has 0 aliphatic carbocycles. The normalized spacial score (nSPS) is 12.3. The van der Waals surface area contributed by atoms with Crippen LogP contribution in [0.2, 0.25) is 5.02 Å². The second kappa shape index (κ2) is 5.82. The molecule has 0 radical (unpaired) electrons. The van der Waals surface area contributed by atoms with Gasteiger partial charge in [-0.3, -0.25) is 9.79 Å². The quantitative estimate of drug-likeness (QED) is 0.918. The Morgan fingerprint density at radius 2 is 2.17 bits per heavy atom. The molecular formula is C17H13ClN4O. The van der Waals surface area contributed by atoms with Gasteiger partial charge in [-0.25, -0.2) is 4.98 Å². The van der Waals surface area contributed by atoms with Crippen molar-refractivity contribution in [1.82, 2.24) is 4.98 Å². The summed E-state index contributed by atoms with van der Waals surface area (Å²) in [5.41, 5.74) is 4.78. The lowest BCUT2D eigenvalue weighted by Crippen LogP contribution is -2.16. The van der Waals surface area contributed by atoms with E-state index in [9.17, 15) is 4.79 Å². The van der Waals surface area contributed by atoms with Crippen molar-refractivity contribution in [3.63, 3.8) is 0 Å². The second-order valence-corrected chi connectivity index (χ2v) is 5.68. The van der Waals surface area contributed by atoms with Gasteiger partial charge in [-0.15, -0.1) is 0 Å². The van der Waals surface area contributed by atoms with Crippen molar-refractivity contribution in [1.29, 1.82) is 5.26 Å². The first-order valence-electron chi connectivity index (χ1n) is 7.02. The van der Waals surface area contributed by atoms with Gasteiger partial charge in [-0.05, 0) is 31.5 Å². The highest BCUT2D eigenvalue weighted by Gasteiger charge is 2.17. The molecule has 0 saturated carbocycles. The number of nitrogens with one attached hydrogen (secondary N) is 1. The van der Waals surface area contributed by atoms with E-state index in [0.717, 1.165) is 16.8 Å². The molecule has 114 valence electrons. The lowest BCUT2D eigenvalue weighted by atomic mass is 10.1. The molecule has 1 aliphatic heterocycles. The van der Waals surface area contributed by atoms with Gasteiger partial charge < -0.3 is 5.32 Å². The predicted octanol–water partition coefficient (Wildman–Crippen LogP) is 3.49. The zero-order valence-electron chi connectivity index (χ0n) is 12.6. The molecule has 0 saturated heterocycles. The Bertz CT molecular complexity index is 896. The molecule has 5 nitrogen and oxygen atoms in total. The van der Waals surface area contributed by atoms with E-state index in [1.165, 1.54) is 6.20 Å². The zero-order chi connectivity index (χ0) is 16.6. The van der Waals surface area contributed by atoms with Crippen LogP contribution in [-0.2, 0) is 6.54 Å². The number of amides is 1. The van der Waals surface area contributed by atoms with Gasteiger partial charge in [0, 0.05) is 28.7 Å². The van der Waals surface area contributed by atoms with E-state index in [-0.39, 0.29) is 22.2 Å². The van der Waals surface area contributed by atoms with Crippen LogP contribution in [0, 0.1) is 18.3 Å². The molecule has 1 aromatic heterocycles. The number of pyridine rings is 1. The summed E-state index contributed by atoms with van der Waals surface area (Å²) in [6.07, 6.45) is 1.31. The number of benzene rings is 1. The van der Waals surface area contributed by atoms with Crippen LogP contribution < -0.4 is 5.32 Å². The summed E-state index contributed by atoms with van der Waals surface area (Å²) in [5, 5.41) is 12.0. The Morgan fingerprint density at radius 3 is 2.91 bits per heavy atom. The second-order valence-electron chi connectivity index (χ2n) is 5.30. The van der Waals surface area contributed by atoms with Gasteiger partial charge in [-0.1, -0.05) is 17.7 Å². The first-order chi connectivity index (χ1) is 11.0. The minimum absolute atomic E-state index is 0.208. The van der Waals surface area contributed by atoms with E-state index >= 15 is 0 Å². The van der Waals surface area contributed by atoms with Gasteiger partial charge in [0.1, 0.15) is 11.8 Å². The number of aromatic nitrogens is 1. The largest absolute Gasteiger partial charge is 0.321 e. The maximum absolute atomic E-state index is 12.4. The fourth-order valence-corrected chi connectivity index (χ4v) is 2.68. The lowest BCUT2D eigenvalue weighted by molar-refractivity contribution is 0.102. The molecule has 3 rings (SSSR count). The zero-order valence-corrected chi connectivity index (χ0v) is 13.4. The fraction of sp³-hybridized carbons (Fsp3) is 0.176. The van der Waals surface area contributed by atoms with Gasteiger partial charge in [0.05, 0.1) is 17.1 Å². The first kappa shape index (κ1) is 15.2. The van der Waals surface area contributed by atoms with Crippen LogP contribution >= 0.6 is 11.6 Å². The fourth-order valence-electron chi connectivity index (χ4n) is 2.50. The van der Waals surface area contributed by atoms with E-state index in [1.807, 2.05) is 31.2 Å². The third kappa shape index (κ3) is 2.69. The first-order valence-corrected chi connectivity index (χ1v) is 7.40. The summed E-state index contributed by atoms with van der Waals surface area (Å²) in [4.78, 5) is 20.8. The number of anilines is 1. The molecule has 0 unspecified atom stereocenters. The number of carbonyl (C=O) groups excluding carboxylic acids is 1. The highest BCUT2D eigenvalue weighted by Crippen LogP contribution is 2.25. The van der Waals surface area contributed by atoms with Crippen LogP contribution in [0.4, 0.5) is 5.69 Å². The molecule has 0 spiro atoms. The Kier molecular flexibility index (Phi) is 3.85. The molecule has 2 heterocycles. The SMILES string of the molecule is CC1=NCc2ccc(NC(=O)c3ncc(C#N)c(Cl)c3C)cc21. The highest BCUT2D eigenvalue weighted by molar-refractivity contribution is 6.33. The van der Waals surface area contributed by atoms with Crippen LogP contribution in [0.3, 0.4) is 0 Å². The Labute approximate surface area is 138 Å². The topological polar surface area (TPSA) is 78.1 Å². The van der Waals surface area contributed by atoms with E-state index in [2.05, 4.69) is 15.3 Å². The van der Waals surface area contributed by atoms with Crippen LogP contribution in [0.15, 0.2) is 29.4 Å². The molecule has 1 aliphatic rings. The van der Waals surface area contributed by atoms with Gasteiger partial charge in [0.15, 0.2) is 0 Å². The minimum atomic E-state index is -0.360. The smallest absolute Gasteiger partial charge is 0.274 e. The van der Waals surface area contributed by atoms with E-state index < -0.39 is 0 Å². The number of nitriles is 1. The van der Waals surface area contributed by atoms with Gasteiger partial charge >= 0.3 is 0 Å². The van der Waals surface area contributed by atoms with E-state index in [1.54, 1.807) is 6.92 Å². The highest BCUT2D eigenvalue weighted by atomic mass is 35.5. The van der Waals surface area contributed by atoms with Crippen molar-refractivity contribution in [2.75, 3.05) is 5.32 Å². The third-order valence-electron chi connectivity index (χ3n) is 3.82. The molecule has 6 heteroatoms. The lowest BCUT2D eigenvalue weighted by Gasteiger charge is -2.10. The van der Waals surface area contributed by atoms with Gasteiger partial charge in [0.2, 0.25) is 0 Å². The van der Waals surface area contributed by atoms with Gasteiger partial charge in [0.25, 0.3) is 5.91 Å². The van der Waals surface area contributed by atoms with Crippen LogP contribution in [0.1, 0.15) is 39.7 Å². The van der Waals surface area contributed by atoms with E-state index in [4.69, 9.17) is 16.9 Å². The van der Waals surface area contributed by atoms with Crippen molar-refractivity contribution in [3.8, 4) is 6.07 Å². The molecule has 23 heavy (non-hydrogen) atoms. The molecule has 2 aromatic rings. The van der Waals surface area contributed by atoms with Crippen molar-refractivity contribution in [3.05, 3.63) is 57.4 Å². The number of carbonyl (C=O) groups is 1. The number of hydrogen-bond acceptors (Lipinski definition) is 4. The van der Waals surface area contributed by atoms with Crippen molar-refractivity contribution >= 4 is 28.9 Å². The predicted molar refractivity (Wildman–Crippen MR) is 89.0 cm³/mol. The summed E-state index contributed by atoms with van der Waals surface area (Å²) < 4.78 is 0. The monoisotopic (exact) mass is 324 g/mol. The number of fused-ring (bicyclic) bond motifs is 1. The molecule has 0 fully saturated rings. The van der Waals surface area contributed by atoms with Crippen molar-refractivity contribution < 1.29 is 4.79 Å². The Morgan fingerprint density at radius 1 is 1.39 bits per heavy atom. The van der Waals surface area contributed by atoms with Crippen LogP contribution in [0.25, 0.3) is 0 Å². The van der Waals surface area contributed by atoms with E-state index in [0.29, 0.717) is 17.8 Å². The van der Waals surface area contributed by atoms with Crippen LogP contribution in [0.5, 0.6) is 0 Å². The minimum Gasteiger partial charge on any atom is -0.321 e. The molecular weight excluding hydrogens is 312 g/mol. The standard InChI is InChI=1S/C17H13ClN4O/c1-9-15(18)12(6-19)8-21-16(9)17(23)22-13-4-3-11-7-20-10(2)14(11)5-13/h3-5,8H,7H2,1-2H3,(H,22,23). The summed E-state index contributed by atoms with van der Waals surface area (Å²) in [6, 6.07) is 7.64. The maximum atomic E-state index is 12.4. The van der Waals surface area contributed by atoms with Crippen LogP contribution in [-0.4, -0.2) is 16.6 Å². The number of halogens is 1. The molecule has 1 aromatic carbocycles. The maximum Gasteiger partial charge on any atom is 0.274 e. The third-order valence-corrected chi connectivity index (χ3v) is 4.31. The number of rotatable bonds is 2. The number of hydrogen-bond donors (Lipinski definition) is 1. The Balaban J connectivity index is 1.89. The molecule has 1 N–H and O–H groups in total. The van der Waals surface area contributed by atoms with Crippen molar-refractivity contribution in [2.24, 2.45) is 4.99 Å². The van der Waals surface area contributed by atoms with Crippen molar-refractivity contribution in [2.45, 2.75) is 20.4 Å². The molecule has 0 atom stereocenters. The summed E-state index contributed by atoms with van der Waals surface area (Å²) >= 11 is 6.08. The number of aliphatic imine (C=N–C) groups is 1.